The van der Waals surface area contributed by atoms with Crippen LogP contribution in [-0.4, -0.2) is 31.9 Å². The quantitative estimate of drug-likeness (QED) is 0.525. The van der Waals surface area contributed by atoms with E-state index in [2.05, 4.69) is 37.0 Å². The zero-order chi connectivity index (χ0) is 10.6. The predicted molar refractivity (Wildman–Crippen MR) is 62.9 cm³/mol. The molecule has 0 radical (unpaired) electrons. The fourth-order valence-corrected chi connectivity index (χ4v) is 1.26. The molecule has 0 unspecified atom stereocenters. The molecule has 0 aromatic heterocycles. The molecule has 0 aliphatic heterocycles. The molecule has 0 heterocycles. The van der Waals surface area contributed by atoms with Crippen LogP contribution in [0.15, 0.2) is 23.2 Å². The van der Waals surface area contributed by atoms with E-state index in [1.807, 2.05) is 11.9 Å². The minimum Gasteiger partial charge on any atom is -0.366 e. The lowest BCUT2D eigenvalue weighted by Crippen LogP contribution is -2.14. The summed E-state index contributed by atoms with van der Waals surface area (Å²) < 4.78 is 0. The Labute approximate surface area is 86.3 Å². The number of benzene rings is 1. The maximum atomic E-state index is 3.81. The van der Waals surface area contributed by atoms with Gasteiger partial charge in [0.1, 0.15) is 0 Å². The molecule has 2 aliphatic rings. The zero-order valence-corrected chi connectivity index (χ0v) is 9.41. The number of hydrogen-bond acceptors (Lipinski definition) is 1. The Balaban J connectivity index is 0.000000140. The van der Waals surface area contributed by atoms with E-state index in [1.165, 1.54) is 16.7 Å². The Morgan fingerprint density at radius 1 is 1.43 bits per heavy atom. The van der Waals surface area contributed by atoms with Gasteiger partial charge in [-0.3, -0.25) is 4.99 Å². The van der Waals surface area contributed by atoms with Crippen molar-refractivity contribution in [1.29, 1.82) is 0 Å². The normalized spacial score (nSPS) is 10.9. The summed E-state index contributed by atoms with van der Waals surface area (Å²) in [5, 5.41) is 0. The van der Waals surface area contributed by atoms with Crippen LogP contribution in [0.1, 0.15) is 12.5 Å². The molecular formula is C12H18N2. The second-order valence-electron chi connectivity index (χ2n) is 3.48. The zero-order valence-electron chi connectivity index (χ0n) is 9.41. The van der Waals surface area contributed by atoms with E-state index in [-0.39, 0.29) is 0 Å². The second kappa shape index (κ2) is 4.80. The predicted octanol–water partition coefficient (Wildman–Crippen LogP) is 2.57. The fourth-order valence-electron chi connectivity index (χ4n) is 1.26. The van der Waals surface area contributed by atoms with Crippen molar-refractivity contribution < 1.29 is 0 Å². The molecule has 2 aliphatic carbocycles. The maximum Gasteiger partial charge on any atom is 0.0843 e. The molecule has 14 heavy (non-hydrogen) atoms. The average Bonchev–Trinajstić information content (AvgIpc) is 2.15. The van der Waals surface area contributed by atoms with Crippen LogP contribution in [0.25, 0.3) is 11.1 Å². The van der Waals surface area contributed by atoms with Crippen molar-refractivity contribution in [2.24, 2.45) is 4.99 Å². The monoisotopic (exact) mass is 190 g/mol. The van der Waals surface area contributed by atoms with E-state index in [9.17, 15) is 0 Å². The van der Waals surface area contributed by atoms with Crippen molar-refractivity contribution >= 4 is 6.34 Å². The molecule has 2 rings (SSSR count). The van der Waals surface area contributed by atoms with Crippen LogP contribution in [0.4, 0.5) is 0 Å². The first-order valence-corrected chi connectivity index (χ1v) is 4.92. The van der Waals surface area contributed by atoms with Gasteiger partial charge >= 0.3 is 0 Å². The van der Waals surface area contributed by atoms with Crippen molar-refractivity contribution in [2.45, 2.75) is 13.8 Å². The first kappa shape index (κ1) is 10.8. The lowest BCUT2D eigenvalue weighted by Gasteiger charge is -2.17. The van der Waals surface area contributed by atoms with Crippen molar-refractivity contribution in [3.05, 3.63) is 23.8 Å². The van der Waals surface area contributed by atoms with Crippen LogP contribution in [0.5, 0.6) is 0 Å². The van der Waals surface area contributed by atoms with Gasteiger partial charge in [-0.1, -0.05) is 18.2 Å². The molecule has 0 aromatic carbocycles. The summed E-state index contributed by atoms with van der Waals surface area (Å²) in [7, 11) is 3.76. The van der Waals surface area contributed by atoms with Crippen molar-refractivity contribution in [3.63, 3.8) is 0 Å². The standard InChI is InChI=1S/C7H6.C5H12N2/c1-5-4-6-2-3-7(5)6;1-4-7(3)5-6-2/h2-4H,1H3;5H,4H2,1-3H3. The molecular weight excluding hydrogens is 172 g/mol. The van der Waals surface area contributed by atoms with Crippen molar-refractivity contribution in [3.8, 4) is 11.1 Å². The number of fused-ring (bicyclic) bond motifs is 1. The van der Waals surface area contributed by atoms with Crippen molar-refractivity contribution in [2.75, 3.05) is 20.6 Å². The third-order valence-corrected chi connectivity index (χ3v) is 2.35. The first-order chi connectivity index (χ1) is 6.69. The summed E-state index contributed by atoms with van der Waals surface area (Å²) in [6.07, 6.45) is 1.81. The van der Waals surface area contributed by atoms with E-state index in [0.717, 1.165) is 6.54 Å². The topological polar surface area (TPSA) is 15.6 Å². The van der Waals surface area contributed by atoms with E-state index in [0.29, 0.717) is 0 Å². The summed E-state index contributed by atoms with van der Waals surface area (Å²) in [6.45, 7) is 5.25. The van der Waals surface area contributed by atoms with Crippen molar-refractivity contribution in [1.82, 2.24) is 4.90 Å². The second-order valence-corrected chi connectivity index (χ2v) is 3.48. The highest BCUT2D eigenvalue weighted by atomic mass is 15.1. The highest BCUT2D eigenvalue weighted by molar-refractivity contribution is 5.80. The molecule has 0 fully saturated rings. The lowest BCUT2D eigenvalue weighted by atomic mass is 9.88. The van der Waals surface area contributed by atoms with Crippen LogP contribution < -0.4 is 0 Å². The molecule has 0 atom stereocenters. The molecule has 0 spiro atoms. The van der Waals surface area contributed by atoms with Crippen LogP contribution in [-0.2, 0) is 0 Å². The van der Waals surface area contributed by atoms with Gasteiger partial charge in [0.15, 0.2) is 0 Å². The molecule has 0 saturated heterocycles. The van der Waals surface area contributed by atoms with Gasteiger partial charge in [-0.25, -0.2) is 0 Å². The summed E-state index contributed by atoms with van der Waals surface area (Å²) in [5.74, 6) is 0. The largest absolute Gasteiger partial charge is 0.366 e. The fraction of sp³-hybridized carbons (Fsp3) is 0.417. The van der Waals surface area contributed by atoms with Gasteiger partial charge in [-0.15, -0.1) is 0 Å². The Kier molecular flexibility index (Phi) is 3.69. The molecule has 0 N–H and O–H groups in total. The highest BCUT2D eigenvalue weighted by Crippen LogP contribution is 2.35. The van der Waals surface area contributed by atoms with Gasteiger partial charge in [-0.05, 0) is 30.5 Å². The average molecular weight is 190 g/mol. The van der Waals surface area contributed by atoms with Gasteiger partial charge in [0.2, 0.25) is 0 Å². The number of nitrogens with zero attached hydrogens (tertiary/aromatic N) is 2. The summed E-state index contributed by atoms with van der Waals surface area (Å²) in [6, 6.07) is 6.50. The third-order valence-electron chi connectivity index (χ3n) is 2.35. The van der Waals surface area contributed by atoms with Gasteiger partial charge < -0.3 is 4.90 Å². The molecule has 76 valence electrons. The third kappa shape index (κ3) is 2.34. The number of rotatable bonds is 2. The van der Waals surface area contributed by atoms with E-state index >= 15 is 0 Å². The smallest absolute Gasteiger partial charge is 0.0843 e. The Morgan fingerprint density at radius 2 is 2.14 bits per heavy atom. The highest BCUT2D eigenvalue weighted by Gasteiger charge is 2.10. The van der Waals surface area contributed by atoms with Gasteiger partial charge in [-0.2, -0.15) is 0 Å². The van der Waals surface area contributed by atoms with Gasteiger partial charge in [0.25, 0.3) is 0 Å². The summed E-state index contributed by atoms with van der Waals surface area (Å²) >= 11 is 0. The van der Waals surface area contributed by atoms with Crippen LogP contribution >= 0.6 is 0 Å². The summed E-state index contributed by atoms with van der Waals surface area (Å²) in [5.41, 5.74) is 4.36. The van der Waals surface area contributed by atoms with E-state index < -0.39 is 0 Å². The molecule has 2 nitrogen and oxygen atoms in total. The maximum absolute atomic E-state index is 3.81. The SMILES string of the molecule is CCN(C)C=NC.Cc1cc2ccc1-2. The van der Waals surface area contributed by atoms with Gasteiger partial charge in [0, 0.05) is 20.6 Å². The number of aliphatic imine (C=N–C) groups is 1. The molecule has 0 saturated carbocycles. The molecule has 0 amide bonds. The van der Waals surface area contributed by atoms with Crippen LogP contribution in [0.2, 0.25) is 0 Å². The van der Waals surface area contributed by atoms with Crippen LogP contribution in [0, 0.1) is 6.92 Å². The van der Waals surface area contributed by atoms with E-state index in [4.69, 9.17) is 0 Å². The lowest BCUT2D eigenvalue weighted by molar-refractivity contribution is 0.551. The van der Waals surface area contributed by atoms with Crippen LogP contribution in [0.3, 0.4) is 0 Å². The first-order valence-electron chi connectivity index (χ1n) is 4.92. The molecule has 2 heteroatoms. The summed E-state index contributed by atoms with van der Waals surface area (Å²) in [4.78, 5) is 5.82. The minimum atomic E-state index is 1.03. The minimum absolute atomic E-state index is 1.03. The van der Waals surface area contributed by atoms with E-state index in [1.54, 1.807) is 13.4 Å². The number of hydrogen-bond donors (Lipinski definition) is 0. The van der Waals surface area contributed by atoms with Gasteiger partial charge in [0.05, 0.1) is 6.34 Å². The Morgan fingerprint density at radius 3 is 2.21 bits per heavy atom. The molecule has 0 bridgehead atoms. The molecule has 0 aromatic rings. The Bertz CT molecular complexity index is 329. The number of aryl methyl sites for hydroxylation is 1. The Hall–Kier alpha value is -1.31.